The lowest BCUT2D eigenvalue weighted by Crippen LogP contribution is -2.48. The molecule has 7 nitrogen and oxygen atoms in total. The number of aromatic nitrogens is 2. The Morgan fingerprint density at radius 3 is 2.62 bits per heavy atom. The van der Waals surface area contributed by atoms with E-state index in [9.17, 15) is 9.59 Å². The lowest BCUT2D eigenvalue weighted by Gasteiger charge is -2.43. The number of hydrogen-bond donors (Lipinski definition) is 2. The third kappa shape index (κ3) is 4.38. The Bertz CT molecular complexity index is 1100. The highest BCUT2D eigenvalue weighted by Gasteiger charge is 2.35. The Labute approximate surface area is 200 Å². The molecule has 3 aliphatic heterocycles. The van der Waals surface area contributed by atoms with Crippen LogP contribution < -0.4 is 10.6 Å². The molecule has 0 radical (unpaired) electrons. The fourth-order valence-electron chi connectivity index (χ4n) is 6.14. The van der Waals surface area contributed by atoms with Crippen molar-refractivity contribution in [1.29, 1.82) is 0 Å². The van der Waals surface area contributed by atoms with E-state index in [0.717, 1.165) is 56.6 Å². The SMILES string of the molecule is Cn1nc(C2CCC(=O)NC2=O)c2cc(F)c(C3CCN(C[C@H]4CCNCC4(C)C)CC3)cc21. The van der Waals surface area contributed by atoms with Crippen LogP contribution in [0.5, 0.6) is 0 Å². The van der Waals surface area contributed by atoms with Gasteiger partial charge >= 0.3 is 0 Å². The standard InChI is InChI=1S/C26H36FN5O2/c1-26(2)15-28-9-6-17(26)14-32-10-7-16(8-11-32)19-13-22-20(12-21(19)27)24(30-31(22)3)18-4-5-23(33)29-25(18)34/h12-13,16-18,28H,4-11,14-15H2,1-3H3,(H,29,33,34)/t17-,18?/m1/s1. The summed E-state index contributed by atoms with van der Waals surface area (Å²) >= 11 is 0. The molecular formula is C26H36FN5O2. The number of nitrogens with one attached hydrogen (secondary N) is 2. The second-order valence-corrected chi connectivity index (χ2v) is 11.1. The first-order valence-electron chi connectivity index (χ1n) is 12.7. The zero-order valence-electron chi connectivity index (χ0n) is 20.5. The Balaban J connectivity index is 1.31. The van der Waals surface area contributed by atoms with Gasteiger partial charge in [0.15, 0.2) is 0 Å². The van der Waals surface area contributed by atoms with Crippen LogP contribution in [-0.2, 0) is 16.6 Å². The minimum Gasteiger partial charge on any atom is -0.316 e. The first kappa shape index (κ1) is 23.4. The number of halogens is 1. The lowest BCUT2D eigenvalue weighted by molar-refractivity contribution is -0.134. The largest absolute Gasteiger partial charge is 0.316 e. The fourth-order valence-corrected chi connectivity index (χ4v) is 6.14. The molecule has 0 aliphatic carbocycles. The second-order valence-electron chi connectivity index (χ2n) is 11.1. The van der Waals surface area contributed by atoms with Gasteiger partial charge in [-0.2, -0.15) is 5.10 Å². The zero-order valence-corrected chi connectivity index (χ0v) is 20.5. The molecule has 1 aromatic carbocycles. The predicted octanol–water partition coefficient (Wildman–Crippen LogP) is 3.05. The van der Waals surface area contributed by atoms with Crippen molar-refractivity contribution in [3.05, 3.63) is 29.2 Å². The van der Waals surface area contributed by atoms with Gasteiger partial charge in [0.05, 0.1) is 17.1 Å². The summed E-state index contributed by atoms with van der Waals surface area (Å²) in [4.78, 5) is 26.5. The van der Waals surface area contributed by atoms with E-state index < -0.39 is 5.92 Å². The van der Waals surface area contributed by atoms with Gasteiger partial charge in [-0.15, -0.1) is 0 Å². The summed E-state index contributed by atoms with van der Waals surface area (Å²) < 4.78 is 17.1. The van der Waals surface area contributed by atoms with Gasteiger partial charge in [-0.3, -0.25) is 19.6 Å². The van der Waals surface area contributed by atoms with Crippen LogP contribution in [0.1, 0.15) is 69.0 Å². The maximum Gasteiger partial charge on any atom is 0.235 e. The van der Waals surface area contributed by atoms with Crippen molar-refractivity contribution in [3.63, 3.8) is 0 Å². The average molecular weight is 470 g/mol. The van der Waals surface area contributed by atoms with Crippen LogP contribution in [0.15, 0.2) is 12.1 Å². The summed E-state index contributed by atoms with van der Waals surface area (Å²) in [7, 11) is 1.84. The summed E-state index contributed by atoms with van der Waals surface area (Å²) in [6.07, 6.45) is 3.81. The van der Waals surface area contributed by atoms with E-state index in [2.05, 4.69) is 34.5 Å². The molecule has 0 saturated carbocycles. The molecule has 5 rings (SSSR count). The molecule has 34 heavy (non-hydrogen) atoms. The number of nitrogens with zero attached hydrogens (tertiary/aromatic N) is 3. The van der Waals surface area contributed by atoms with Crippen LogP contribution in [0.2, 0.25) is 0 Å². The van der Waals surface area contributed by atoms with Crippen LogP contribution in [-0.4, -0.2) is 59.2 Å². The highest BCUT2D eigenvalue weighted by atomic mass is 19.1. The van der Waals surface area contributed by atoms with Gasteiger partial charge in [-0.1, -0.05) is 13.8 Å². The summed E-state index contributed by atoms with van der Waals surface area (Å²) in [5.74, 6) is -0.453. The van der Waals surface area contributed by atoms with Gasteiger partial charge in [0.1, 0.15) is 5.82 Å². The molecule has 3 fully saturated rings. The van der Waals surface area contributed by atoms with Crippen molar-refractivity contribution in [1.82, 2.24) is 25.3 Å². The molecular weight excluding hydrogens is 433 g/mol. The number of hydrogen-bond acceptors (Lipinski definition) is 5. The maximum absolute atomic E-state index is 15.4. The van der Waals surface area contributed by atoms with Crippen molar-refractivity contribution in [2.24, 2.45) is 18.4 Å². The van der Waals surface area contributed by atoms with Crippen molar-refractivity contribution in [3.8, 4) is 0 Å². The van der Waals surface area contributed by atoms with Gasteiger partial charge in [-0.05, 0) is 80.3 Å². The molecule has 8 heteroatoms. The van der Waals surface area contributed by atoms with E-state index in [-0.39, 0.29) is 30.0 Å². The van der Waals surface area contributed by atoms with Crippen LogP contribution >= 0.6 is 0 Å². The maximum atomic E-state index is 15.4. The molecule has 1 aromatic heterocycles. The Hall–Kier alpha value is -2.32. The van der Waals surface area contributed by atoms with Gasteiger partial charge in [0.25, 0.3) is 0 Å². The monoisotopic (exact) mass is 469 g/mol. The highest BCUT2D eigenvalue weighted by Crippen LogP contribution is 2.37. The summed E-state index contributed by atoms with van der Waals surface area (Å²) in [5, 5.41) is 11.1. The zero-order chi connectivity index (χ0) is 24.0. The van der Waals surface area contributed by atoms with E-state index in [1.807, 2.05) is 13.1 Å². The lowest BCUT2D eigenvalue weighted by atomic mass is 9.74. The molecule has 2 N–H and O–H groups in total. The smallest absolute Gasteiger partial charge is 0.235 e. The van der Waals surface area contributed by atoms with E-state index in [4.69, 9.17) is 0 Å². The first-order chi connectivity index (χ1) is 16.2. The van der Waals surface area contributed by atoms with Crippen LogP contribution in [0, 0.1) is 17.2 Å². The molecule has 1 unspecified atom stereocenters. The van der Waals surface area contributed by atoms with Crippen LogP contribution in [0.4, 0.5) is 4.39 Å². The van der Waals surface area contributed by atoms with E-state index in [1.165, 1.54) is 6.42 Å². The molecule has 0 bridgehead atoms. The number of amides is 2. The predicted molar refractivity (Wildman–Crippen MR) is 129 cm³/mol. The third-order valence-electron chi connectivity index (χ3n) is 8.43. The molecule has 184 valence electrons. The quantitative estimate of drug-likeness (QED) is 0.673. The van der Waals surface area contributed by atoms with Crippen LogP contribution in [0.25, 0.3) is 10.9 Å². The molecule has 2 atom stereocenters. The third-order valence-corrected chi connectivity index (χ3v) is 8.43. The number of likely N-dealkylation sites (tertiary alicyclic amines) is 1. The molecule has 2 aromatic rings. The minimum absolute atomic E-state index is 0.190. The van der Waals surface area contributed by atoms with Crippen LogP contribution in [0.3, 0.4) is 0 Å². The van der Waals surface area contributed by atoms with Crippen molar-refractivity contribution in [2.45, 2.75) is 57.8 Å². The molecule has 2 amide bonds. The molecule has 3 aliphatic rings. The number of carbonyl (C=O) groups is 2. The molecule has 4 heterocycles. The highest BCUT2D eigenvalue weighted by molar-refractivity contribution is 6.02. The van der Waals surface area contributed by atoms with Crippen molar-refractivity contribution < 1.29 is 14.0 Å². The number of fused-ring (bicyclic) bond motifs is 1. The normalized spacial score (nSPS) is 26.7. The van der Waals surface area contributed by atoms with E-state index >= 15 is 4.39 Å². The summed E-state index contributed by atoms with van der Waals surface area (Å²) in [6, 6.07) is 3.49. The number of piperidine rings is 3. The van der Waals surface area contributed by atoms with Gasteiger partial charge in [-0.25, -0.2) is 4.39 Å². The molecule has 0 spiro atoms. The number of rotatable bonds is 4. The van der Waals surface area contributed by atoms with Gasteiger partial charge in [0.2, 0.25) is 11.8 Å². The Morgan fingerprint density at radius 2 is 1.91 bits per heavy atom. The summed E-state index contributed by atoms with van der Waals surface area (Å²) in [6.45, 7) is 10.0. The Kier molecular flexibility index (Phi) is 6.23. The second kappa shape index (κ2) is 9.04. The number of aryl methyl sites for hydroxylation is 1. The van der Waals surface area contributed by atoms with E-state index in [0.29, 0.717) is 28.8 Å². The summed E-state index contributed by atoms with van der Waals surface area (Å²) in [5.41, 5.74) is 2.47. The number of imide groups is 1. The van der Waals surface area contributed by atoms with Crippen molar-refractivity contribution >= 4 is 22.7 Å². The van der Waals surface area contributed by atoms with Gasteiger partial charge in [0, 0.05) is 31.9 Å². The van der Waals surface area contributed by atoms with E-state index in [1.54, 1.807) is 10.7 Å². The fraction of sp³-hybridized carbons (Fsp3) is 0.654. The Morgan fingerprint density at radius 1 is 1.15 bits per heavy atom. The minimum atomic E-state index is -0.519. The first-order valence-corrected chi connectivity index (χ1v) is 12.7. The average Bonchev–Trinajstić information content (AvgIpc) is 3.10. The number of benzene rings is 1. The number of carbonyl (C=O) groups excluding carboxylic acids is 2. The topological polar surface area (TPSA) is 79.3 Å². The molecule has 3 saturated heterocycles. The van der Waals surface area contributed by atoms with Gasteiger partial charge < -0.3 is 10.2 Å². The van der Waals surface area contributed by atoms with Crippen molar-refractivity contribution in [2.75, 3.05) is 32.7 Å².